The zero-order valence-electron chi connectivity index (χ0n) is 19.2. The fourth-order valence-electron chi connectivity index (χ4n) is 3.47. The highest BCUT2D eigenvalue weighted by Crippen LogP contribution is 2.36. The van der Waals surface area contributed by atoms with Gasteiger partial charge in [0, 0.05) is 49.8 Å². The van der Waals surface area contributed by atoms with Crippen molar-refractivity contribution in [2.45, 2.75) is 19.4 Å². The molecule has 10 nitrogen and oxygen atoms in total. The highest BCUT2D eigenvalue weighted by molar-refractivity contribution is 6.05. The smallest absolute Gasteiger partial charge is 0.331 e. The summed E-state index contributed by atoms with van der Waals surface area (Å²) in [5, 5.41) is 14.7. The summed E-state index contributed by atoms with van der Waals surface area (Å²) in [5.74, 6) is 2.09. The Morgan fingerprint density at radius 3 is 2.85 bits per heavy atom. The van der Waals surface area contributed by atoms with E-state index in [9.17, 15) is 4.79 Å². The van der Waals surface area contributed by atoms with E-state index in [0.29, 0.717) is 36.2 Å². The van der Waals surface area contributed by atoms with Crippen LogP contribution in [0.4, 0.5) is 4.79 Å². The van der Waals surface area contributed by atoms with Crippen molar-refractivity contribution in [2.24, 2.45) is 5.92 Å². The van der Waals surface area contributed by atoms with Gasteiger partial charge in [-0.2, -0.15) is 0 Å². The number of rotatable bonds is 10. The Bertz CT molecular complexity index is 1200. The van der Waals surface area contributed by atoms with Crippen molar-refractivity contribution < 1.29 is 19.0 Å². The molecule has 1 aliphatic rings. The van der Waals surface area contributed by atoms with E-state index in [1.54, 1.807) is 44.7 Å². The zero-order chi connectivity index (χ0) is 23.9. The number of hydrogen-bond acceptors (Lipinski definition) is 8. The van der Waals surface area contributed by atoms with Crippen LogP contribution in [0.25, 0.3) is 10.9 Å². The number of aromatic nitrogens is 3. The third-order valence-electron chi connectivity index (χ3n) is 5.33. The SMILES string of the molecule is COCCNCc1cc(Oc2ccc3c(ccn3C(=O)NC(=N)/C=C(\OC)C3CC3)c2)ncn1. The van der Waals surface area contributed by atoms with Crippen molar-refractivity contribution in [1.82, 2.24) is 25.2 Å². The Balaban J connectivity index is 1.41. The van der Waals surface area contributed by atoms with Gasteiger partial charge in [-0.1, -0.05) is 0 Å². The van der Waals surface area contributed by atoms with E-state index < -0.39 is 6.03 Å². The summed E-state index contributed by atoms with van der Waals surface area (Å²) < 4.78 is 17.7. The van der Waals surface area contributed by atoms with Gasteiger partial charge in [0.05, 0.1) is 24.9 Å². The summed E-state index contributed by atoms with van der Waals surface area (Å²) in [6, 6.07) is 8.57. The Morgan fingerprint density at radius 1 is 1.24 bits per heavy atom. The lowest BCUT2D eigenvalue weighted by Crippen LogP contribution is -2.32. The van der Waals surface area contributed by atoms with E-state index in [1.807, 2.05) is 12.1 Å². The minimum absolute atomic E-state index is 0.00757. The summed E-state index contributed by atoms with van der Waals surface area (Å²) in [4.78, 5) is 21.1. The molecule has 0 spiro atoms. The molecule has 0 bridgehead atoms. The van der Waals surface area contributed by atoms with E-state index in [4.69, 9.17) is 19.6 Å². The zero-order valence-corrected chi connectivity index (χ0v) is 19.2. The maximum atomic E-state index is 12.7. The molecule has 1 aromatic carbocycles. The Labute approximate surface area is 197 Å². The van der Waals surface area contributed by atoms with Gasteiger partial charge in [-0.15, -0.1) is 0 Å². The van der Waals surface area contributed by atoms with Crippen molar-refractivity contribution in [3.63, 3.8) is 0 Å². The molecule has 0 saturated heterocycles. The second-order valence-electron chi connectivity index (χ2n) is 7.89. The normalized spacial score (nSPS) is 13.6. The number of fused-ring (bicyclic) bond motifs is 1. The predicted octanol–water partition coefficient (Wildman–Crippen LogP) is 3.43. The molecule has 0 unspecified atom stereocenters. The number of carbonyl (C=O) groups excluding carboxylic acids is 1. The standard InChI is InChI=1S/C24H28N6O4/c1-32-10-8-26-14-18-12-23(28-15-27-18)34-19-5-6-20-17(11-19)7-9-30(20)24(31)29-22(25)13-21(33-2)16-3-4-16/h5-7,9,11-13,15-16,26H,3-4,8,10,14H2,1-2H3,(H2,25,29,31)/b21-13-. The van der Waals surface area contributed by atoms with E-state index in [2.05, 4.69) is 20.6 Å². The van der Waals surface area contributed by atoms with Crippen LogP contribution in [0.1, 0.15) is 18.5 Å². The first-order valence-corrected chi connectivity index (χ1v) is 11.0. The molecule has 1 amide bonds. The number of ether oxygens (including phenoxy) is 3. The molecule has 4 rings (SSSR count). The first-order valence-electron chi connectivity index (χ1n) is 11.0. The number of benzene rings is 1. The van der Waals surface area contributed by atoms with Crippen LogP contribution in [0.15, 0.2) is 54.7 Å². The minimum atomic E-state index is -0.419. The van der Waals surface area contributed by atoms with Crippen LogP contribution in [0.5, 0.6) is 11.6 Å². The number of allylic oxidation sites excluding steroid dienone is 1. The molecule has 3 N–H and O–H groups in total. The van der Waals surface area contributed by atoms with Gasteiger partial charge in [0.1, 0.15) is 23.7 Å². The summed E-state index contributed by atoms with van der Waals surface area (Å²) in [7, 11) is 3.24. The Kier molecular flexibility index (Phi) is 7.51. The lowest BCUT2D eigenvalue weighted by Gasteiger charge is -2.09. The fraction of sp³-hybridized carbons (Fsp3) is 0.333. The minimum Gasteiger partial charge on any atom is -0.501 e. The van der Waals surface area contributed by atoms with E-state index in [0.717, 1.165) is 36.2 Å². The number of amides is 1. The lowest BCUT2D eigenvalue weighted by atomic mass is 10.2. The lowest BCUT2D eigenvalue weighted by molar-refractivity contribution is 0.199. The largest absolute Gasteiger partial charge is 0.501 e. The predicted molar refractivity (Wildman–Crippen MR) is 127 cm³/mol. The van der Waals surface area contributed by atoms with Crippen molar-refractivity contribution in [1.29, 1.82) is 5.41 Å². The number of carbonyl (C=O) groups is 1. The monoisotopic (exact) mass is 464 g/mol. The molecule has 178 valence electrons. The van der Waals surface area contributed by atoms with E-state index >= 15 is 0 Å². The molecule has 0 atom stereocenters. The number of nitrogens with zero attached hydrogens (tertiary/aromatic N) is 3. The van der Waals surface area contributed by atoms with Crippen molar-refractivity contribution >= 4 is 22.8 Å². The second-order valence-corrected chi connectivity index (χ2v) is 7.89. The average Bonchev–Trinajstić information content (AvgIpc) is 3.59. The van der Waals surface area contributed by atoms with Gasteiger partial charge >= 0.3 is 6.03 Å². The molecule has 1 saturated carbocycles. The summed E-state index contributed by atoms with van der Waals surface area (Å²) in [6.45, 7) is 1.93. The quantitative estimate of drug-likeness (QED) is 0.182. The number of hydrogen-bond donors (Lipinski definition) is 3. The fourth-order valence-corrected chi connectivity index (χ4v) is 3.47. The van der Waals surface area contributed by atoms with Gasteiger partial charge in [0.15, 0.2) is 0 Å². The molecule has 0 aliphatic heterocycles. The van der Waals surface area contributed by atoms with E-state index in [-0.39, 0.29) is 5.84 Å². The first kappa shape index (κ1) is 23.4. The molecule has 1 fully saturated rings. The molecular weight excluding hydrogens is 436 g/mol. The van der Waals surface area contributed by atoms with Crippen molar-refractivity contribution in [3.05, 3.63) is 60.4 Å². The first-order chi connectivity index (χ1) is 16.6. The maximum Gasteiger partial charge on any atom is 0.331 e. The average molecular weight is 465 g/mol. The van der Waals surface area contributed by atoms with Gasteiger partial charge in [0.2, 0.25) is 5.88 Å². The molecule has 1 aliphatic carbocycles. The number of amidine groups is 1. The van der Waals surface area contributed by atoms with Crippen LogP contribution in [-0.2, 0) is 16.0 Å². The molecule has 34 heavy (non-hydrogen) atoms. The van der Waals surface area contributed by atoms with Gasteiger partial charge in [-0.25, -0.2) is 14.8 Å². The molecule has 2 heterocycles. The molecule has 3 aromatic rings. The van der Waals surface area contributed by atoms with Crippen molar-refractivity contribution in [3.8, 4) is 11.6 Å². The Hall–Kier alpha value is -3.76. The topological polar surface area (TPSA) is 123 Å². The molecular formula is C24H28N6O4. The maximum absolute atomic E-state index is 12.7. The Morgan fingerprint density at radius 2 is 2.09 bits per heavy atom. The molecule has 2 aromatic heterocycles. The van der Waals surface area contributed by atoms with Crippen molar-refractivity contribution in [2.75, 3.05) is 27.4 Å². The van der Waals surface area contributed by atoms with Crippen LogP contribution >= 0.6 is 0 Å². The summed E-state index contributed by atoms with van der Waals surface area (Å²) >= 11 is 0. The van der Waals surface area contributed by atoms with Gasteiger partial charge in [0.25, 0.3) is 0 Å². The van der Waals surface area contributed by atoms with Gasteiger partial charge in [-0.3, -0.25) is 15.3 Å². The summed E-state index contributed by atoms with van der Waals surface area (Å²) in [6.07, 6.45) is 6.79. The highest BCUT2D eigenvalue weighted by Gasteiger charge is 2.27. The van der Waals surface area contributed by atoms with Gasteiger partial charge < -0.3 is 19.5 Å². The number of methoxy groups -OCH3 is 2. The van der Waals surface area contributed by atoms with Crippen LogP contribution in [-0.4, -0.2) is 53.8 Å². The molecule has 0 radical (unpaired) electrons. The third-order valence-corrected chi connectivity index (χ3v) is 5.33. The molecule has 10 heteroatoms. The highest BCUT2D eigenvalue weighted by atomic mass is 16.5. The van der Waals surface area contributed by atoms with Crippen LogP contribution < -0.4 is 15.4 Å². The van der Waals surface area contributed by atoms with Crippen LogP contribution in [0, 0.1) is 11.3 Å². The second kappa shape index (κ2) is 10.9. The van der Waals surface area contributed by atoms with E-state index in [1.165, 1.54) is 10.9 Å². The van der Waals surface area contributed by atoms with Gasteiger partial charge in [-0.05, 0) is 37.1 Å². The van der Waals surface area contributed by atoms with Crippen LogP contribution in [0.3, 0.4) is 0 Å². The number of nitrogens with one attached hydrogen (secondary N) is 3. The summed E-state index contributed by atoms with van der Waals surface area (Å²) in [5.41, 5.74) is 1.50. The van der Waals surface area contributed by atoms with Crippen LogP contribution in [0.2, 0.25) is 0 Å². The third kappa shape index (κ3) is 5.97.